The van der Waals surface area contributed by atoms with Crippen LogP contribution in [0.4, 0.5) is 0 Å². The standard InChI is InChI=1S/C53H91NO7/c1-6-8-10-12-14-16-18-20-22-24-26-28-30-32-34-36-38-40-42-44-52(56)61-49(47-59-46-45-50(53(57)58)54(3,4)5)48-60-51(55)43-41-39-37-35-33-31-29-27-25-23-21-19-17-15-13-11-9-7-2/h14-21,23,25,27,29,49-50H,6-13,22,24,26,28,30-48H2,1-5H3/b16-14+,17-15+,20-18+,21-19+,25-23+,29-27+. The number of esters is 2. The number of hydrogen-bond acceptors (Lipinski definition) is 7. The van der Waals surface area contributed by atoms with E-state index in [0.29, 0.717) is 12.8 Å². The lowest BCUT2D eigenvalue weighted by Gasteiger charge is -2.34. The number of nitrogens with zero attached hydrogens (tertiary/aromatic N) is 1. The van der Waals surface area contributed by atoms with Crippen LogP contribution in [-0.4, -0.2) is 75.5 Å². The summed E-state index contributed by atoms with van der Waals surface area (Å²) in [6, 6.07) is -0.734. The minimum Gasteiger partial charge on any atom is -0.544 e. The first kappa shape index (κ1) is 57.8. The lowest BCUT2D eigenvalue weighted by Crippen LogP contribution is -2.55. The molecule has 61 heavy (non-hydrogen) atoms. The molecule has 0 aromatic carbocycles. The third-order valence-electron chi connectivity index (χ3n) is 10.7. The van der Waals surface area contributed by atoms with Gasteiger partial charge in [0.25, 0.3) is 0 Å². The molecular formula is C53H91NO7. The van der Waals surface area contributed by atoms with Crippen LogP contribution in [0.15, 0.2) is 72.9 Å². The van der Waals surface area contributed by atoms with E-state index >= 15 is 0 Å². The van der Waals surface area contributed by atoms with Crippen LogP contribution in [0.5, 0.6) is 0 Å². The Labute approximate surface area is 374 Å². The molecule has 0 radical (unpaired) electrons. The number of carbonyl (C=O) groups is 3. The minimum absolute atomic E-state index is 0.0284. The SMILES string of the molecule is CCCCC/C=C/C=C/C=C/C=C/CCCCCCCC(=O)OCC(COCCC(C(=O)[O-])[N+](C)(C)C)OC(=O)CCCCCCCCCCCC/C=C/C=C/CCCCC. The van der Waals surface area contributed by atoms with Gasteiger partial charge in [0.05, 0.1) is 40.3 Å². The number of hydrogen-bond donors (Lipinski definition) is 0. The van der Waals surface area contributed by atoms with E-state index in [4.69, 9.17) is 14.2 Å². The van der Waals surface area contributed by atoms with Crippen LogP contribution in [0, 0.1) is 0 Å². The minimum atomic E-state index is -1.13. The van der Waals surface area contributed by atoms with Gasteiger partial charge in [-0.25, -0.2) is 0 Å². The predicted octanol–water partition coefficient (Wildman–Crippen LogP) is 12.6. The number of aliphatic carboxylic acids is 1. The first-order chi connectivity index (χ1) is 29.6. The fraction of sp³-hybridized carbons (Fsp3) is 0.717. The molecule has 0 saturated heterocycles. The fourth-order valence-electron chi connectivity index (χ4n) is 6.84. The molecule has 0 aromatic heterocycles. The molecule has 0 aromatic rings. The van der Waals surface area contributed by atoms with Gasteiger partial charge >= 0.3 is 11.9 Å². The maximum absolute atomic E-state index is 12.8. The van der Waals surface area contributed by atoms with Crippen LogP contribution >= 0.6 is 0 Å². The summed E-state index contributed by atoms with van der Waals surface area (Å²) in [5.41, 5.74) is 0. The second-order valence-electron chi connectivity index (χ2n) is 17.5. The van der Waals surface area contributed by atoms with Gasteiger partial charge < -0.3 is 28.6 Å². The lowest BCUT2D eigenvalue weighted by molar-refractivity contribution is -0.889. The highest BCUT2D eigenvalue weighted by molar-refractivity contribution is 5.70. The van der Waals surface area contributed by atoms with E-state index in [-0.39, 0.29) is 42.7 Å². The number of likely N-dealkylation sites (N-methyl/N-ethyl adjacent to an activating group) is 1. The number of rotatable bonds is 43. The van der Waals surface area contributed by atoms with Gasteiger partial charge in [-0.15, -0.1) is 0 Å². The Hall–Kier alpha value is -3.23. The smallest absolute Gasteiger partial charge is 0.306 e. The first-order valence-corrected chi connectivity index (χ1v) is 24.5. The van der Waals surface area contributed by atoms with Crippen LogP contribution in [0.25, 0.3) is 0 Å². The number of carboxylic acid groups (broad SMARTS) is 1. The number of unbranched alkanes of at least 4 members (excludes halogenated alkanes) is 21. The maximum atomic E-state index is 12.8. The molecule has 0 bridgehead atoms. The van der Waals surface area contributed by atoms with Crippen molar-refractivity contribution in [3.8, 4) is 0 Å². The highest BCUT2D eigenvalue weighted by Crippen LogP contribution is 2.14. The topological polar surface area (TPSA) is 102 Å². The molecule has 0 heterocycles. The monoisotopic (exact) mass is 854 g/mol. The van der Waals surface area contributed by atoms with E-state index in [9.17, 15) is 19.5 Å². The molecule has 8 nitrogen and oxygen atoms in total. The number of quaternary nitrogens is 1. The summed E-state index contributed by atoms with van der Waals surface area (Å²) < 4.78 is 17.2. The predicted molar refractivity (Wildman–Crippen MR) is 254 cm³/mol. The molecule has 0 aliphatic rings. The van der Waals surface area contributed by atoms with E-state index < -0.39 is 18.1 Å². The van der Waals surface area contributed by atoms with E-state index in [1.807, 2.05) is 0 Å². The summed E-state index contributed by atoms with van der Waals surface area (Å²) in [6.45, 7) is 4.57. The zero-order valence-electron chi connectivity index (χ0n) is 39.8. The van der Waals surface area contributed by atoms with Crippen LogP contribution in [0.2, 0.25) is 0 Å². The largest absolute Gasteiger partial charge is 0.544 e. The third-order valence-corrected chi connectivity index (χ3v) is 10.7. The van der Waals surface area contributed by atoms with Gasteiger partial charge in [0, 0.05) is 19.3 Å². The summed E-state index contributed by atoms with van der Waals surface area (Å²) in [7, 11) is 5.40. The van der Waals surface area contributed by atoms with Crippen LogP contribution in [0.3, 0.4) is 0 Å². The van der Waals surface area contributed by atoms with Crippen molar-refractivity contribution in [2.45, 2.75) is 206 Å². The van der Waals surface area contributed by atoms with Crippen molar-refractivity contribution in [1.82, 2.24) is 0 Å². The molecule has 0 saturated carbocycles. The summed E-state index contributed by atoms with van der Waals surface area (Å²) in [5.74, 6) is -1.77. The van der Waals surface area contributed by atoms with Crippen LogP contribution in [-0.2, 0) is 28.6 Å². The first-order valence-electron chi connectivity index (χ1n) is 24.5. The van der Waals surface area contributed by atoms with Gasteiger partial charge in [0.2, 0.25) is 0 Å². The van der Waals surface area contributed by atoms with Crippen molar-refractivity contribution in [2.24, 2.45) is 0 Å². The molecule has 0 spiro atoms. The number of carbonyl (C=O) groups excluding carboxylic acids is 3. The molecule has 8 heteroatoms. The molecule has 0 amide bonds. The van der Waals surface area contributed by atoms with Gasteiger partial charge in [-0.05, 0) is 64.2 Å². The second kappa shape index (κ2) is 43.4. The molecule has 0 N–H and O–H groups in total. The molecule has 0 aliphatic carbocycles. The Morgan fingerprint density at radius 3 is 1.30 bits per heavy atom. The van der Waals surface area contributed by atoms with E-state index in [1.54, 1.807) is 21.1 Å². The Balaban J connectivity index is 4.35. The molecule has 2 atom stereocenters. The summed E-state index contributed by atoms with van der Waals surface area (Å²) >= 11 is 0. The van der Waals surface area contributed by atoms with Crippen molar-refractivity contribution >= 4 is 17.9 Å². The number of carboxylic acids is 1. The van der Waals surface area contributed by atoms with Crippen molar-refractivity contribution in [1.29, 1.82) is 0 Å². The van der Waals surface area contributed by atoms with Gasteiger partial charge in [-0.2, -0.15) is 0 Å². The Morgan fingerprint density at radius 1 is 0.492 bits per heavy atom. The molecular weight excluding hydrogens is 763 g/mol. The zero-order valence-corrected chi connectivity index (χ0v) is 39.8. The van der Waals surface area contributed by atoms with Crippen molar-refractivity contribution in [2.75, 3.05) is 41.0 Å². The summed E-state index contributed by atoms with van der Waals surface area (Å²) in [6.07, 6.45) is 54.9. The van der Waals surface area contributed by atoms with Gasteiger partial charge in [-0.1, -0.05) is 183 Å². The molecule has 2 unspecified atom stereocenters. The highest BCUT2D eigenvalue weighted by Gasteiger charge is 2.25. The fourth-order valence-corrected chi connectivity index (χ4v) is 6.84. The quantitative estimate of drug-likeness (QED) is 0.0260. The number of ether oxygens (including phenoxy) is 3. The van der Waals surface area contributed by atoms with Crippen molar-refractivity contribution in [3.63, 3.8) is 0 Å². The van der Waals surface area contributed by atoms with E-state index in [1.165, 1.54) is 89.9 Å². The Bertz CT molecular complexity index is 1230. The number of allylic oxidation sites excluding steroid dienone is 12. The van der Waals surface area contributed by atoms with Crippen LogP contribution < -0.4 is 5.11 Å². The Morgan fingerprint density at radius 2 is 0.869 bits per heavy atom. The molecule has 0 rings (SSSR count). The lowest BCUT2D eigenvalue weighted by atomic mass is 10.1. The second-order valence-corrected chi connectivity index (χ2v) is 17.5. The summed E-state index contributed by atoms with van der Waals surface area (Å²) in [4.78, 5) is 37.0. The zero-order chi connectivity index (χ0) is 44.9. The average molecular weight is 854 g/mol. The highest BCUT2D eigenvalue weighted by atomic mass is 16.6. The van der Waals surface area contributed by atoms with Crippen molar-refractivity contribution < 1.29 is 38.2 Å². The van der Waals surface area contributed by atoms with E-state index in [2.05, 4.69) is 86.8 Å². The third kappa shape index (κ3) is 41.9. The average Bonchev–Trinajstić information content (AvgIpc) is 3.22. The summed E-state index contributed by atoms with van der Waals surface area (Å²) in [5, 5.41) is 11.7. The van der Waals surface area contributed by atoms with Gasteiger partial charge in [0.15, 0.2) is 6.10 Å². The maximum Gasteiger partial charge on any atom is 0.306 e. The van der Waals surface area contributed by atoms with Gasteiger partial charge in [-0.3, -0.25) is 9.59 Å². The normalized spacial score (nSPS) is 13.5. The van der Waals surface area contributed by atoms with Crippen LogP contribution in [0.1, 0.15) is 194 Å². The Kier molecular flexibility index (Phi) is 41.1. The molecule has 0 aliphatic heterocycles. The molecule has 0 fully saturated rings. The van der Waals surface area contributed by atoms with E-state index in [0.717, 1.165) is 70.6 Å². The van der Waals surface area contributed by atoms with Crippen molar-refractivity contribution in [3.05, 3.63) is 72.9 Å². The van der Waals surface area contributed by atoms with Gasteiger partial charge in [0.1, 0.15) is 12.6 Å². The molecule has 350 valence electrons.